The Bertz CT molecular complexity index is 556. The van der Waals surface area contributed by atoms with Crippen LogP contribution in [0.15, 0.2) is 22.7 Å². The molecule has 2 aliphatic rings. The third-order valence-electron chi connectivity index (χ3n) is 6.69. The molecule has 3 heteroatoms. The summed E-state index contributed by atoms with van der Waals surface area (Å²) in [6.45, 7) is 9.50. The largest absolute Gasteiger partial charge is 0.307 e. The fraction of sp³-hybridized carbons (Fsp3) is 0.667. The Labute approximate surface area is 135 Å². The van der Waals surface area contributed by atoms with Gasteiger partial charge in [-0.2, -0.15) is 0 Å². The van der Waals surface area contributed by atoms with E-state index >= 15 is 0 Å². The first-order valence-corrected chi connectivity index (χ1v) is 8.76. The number of hydrogen-bond donors (Lipinski definition) is 1. The van der Waals surface area contributed by atoms with Crippen molar-refractivity contribution in [1.82, 2.24) is 5.32 Å². The van der Waals surface area contributed by atoms with Crippen molar-refractivity contribution in [3.63, 3.8) is 0 Å². The van der Waals surface area contributed by atoms with E-state index in [-0.39, 0.29) is 11.9 Å². The summed E-state index contributed by atoms with van der Waals surface area (Å²) in [5.41, 5.74) is 1.95. The smallest absolute Gasteiger partial charge is 0.137 e. The molecule has 2 aliphatic carbocycles. The predicted octanol–water partition coefficient (Wildman–Crippen LogP) is 5.45. The molecule has 21 heavy (non-hydrogen) atoms. The molecule has 0 amide bonds. The van der Waals surface area contributed by atoms with Crippen molar-refractivity contribution < 1.29 is 4.39 Å². The van der Waals surface area contributed by atoms with Gasteiger partial charge >= 0.3 is 0 Å². The molecule has 1 aromatic carbocycles. The molecule has 0 heterocycles. The highest BCUT2D eigenvalue weighted by Gasteiger charge is 2.61. The van der Waals surface area contributed by atoms with Gasteiger partial charge in [0.15, 0.2) is 0 Å². The van der Waals surface area contributed by atoms with Gasteiger partial charge in [-0.15, -0.1) is 0 Å². The number of rotatable bonds is 3. The predicted molar refractivity (Wildman–Crippen MR) is 88.7 cm³/mol. The second kappa shape index (κ2) is 5.06. The van der Waals surface area contributed by atoms with E-state index < -0.39 is 0 Å². The van der Waals surface area contributed by atoms with E-state index in [0.29, 0.717) is 21.3 Å². The summed E-state index contributed by atoms with van der Waals surface area (Å²) in [5, 5.41) is 3.83. The van der Waals surface area contributed by atoms with Crippen LogP contribution in [0.5, 0.6) is 0 Å². The summed E-state index contributed by atoms with van der Waals surface area (Å²) in [6.07, 6.45) is 3.97. The zero-order valence-electron chi connectivity index (χ0n) is 13.3. The number of hydrogen-bond acceptors (Lipinski definition) is 1. The highest BCUT2D eigenvalue weighted by molar-refractivity contribution is 9.10. The van der Waals surface area contributed by atoms with Gasteiger partial charge in [-0.05, 0) is 76.6 Å². The van der Waals surface area contributed by atoms with E-state index in [2.05, 4.69) is 48.9 Å². The molecule has 1 N–H and O–H groups in total. The van der Waals surface area contributed by atoms with Gasteiger partial charge in [0.2, 0.25) is 0 Å². The highest BCUT2D eigenvalue weighted by atomic mass is 79.9. The lowest BCUT2D eigenvalue weighted by molar-refractivity contribution is 0.116. The van der Waals surface area contributed by atoms with Crippen molar-refractivity contribution in [3.8, 4) is 0 Å². The molecule has 0 spiro atoms. The lowest BCUT2D eigenvalue weighted by atomic mass is 9.69. The van der Waals surface area contributed by atoms with Crippen LogP contribution in [-0.2, 0) is 0 Å². The second-order valence-corrected chi connectivity index (χ2v) is 8.58. The van der Waals surface area contributed by atoms with Gasteiger partial charge in [0, 0.05) is 12.1 Å². The molecule has 4 unspecified atom stereocenters. The van der Waals surface area contributed by atoms with Crippen molar-refractivity contribution >= 4 is 15.9 Å². The van der Waals surface area contributed by atoms with Crippen LogP contribution in [0.4, 0.5) is 4.39 Å². The maximum Gasteiger partial charge on any atom is 0.137 e. The maximum atomic E-state index is 13.4. The molecule has 4 atom stereocenters. The molecule has 0 saturated heterocycles. The Morgan fingerprint density at radius 2 is 2.05 bits per heavy atom. The number of benzene rings is 1. The van der Waals surface area contributed by atoms with Crippen LogP contribution < -0.4 is 5.32 Å². The molecule has 0 radical (unpaired) electrons. The van der Waals surface area contributed by atoms with Crippen LogP contribution >= 0.6 is 15.9 Å². The molecule has 1 nitrogen and oxygen atoms in total. The number of halogens is 2. The lowest BCUT2D eigenvalue weighted by Gasteiger charge is -2.40. The van der Waals surface area contributed by atoms with E-state index in [0.717, 1.165) is 11.5 Å². The van der Waals surface area contributed by atoms with Crippen LogP contribution in [0.2, 0.25) is 0 Å². The van der Waals surface area contributed by atoms with Crippen molar-refractivity contribution in [1.29, 1.82) is 0 Å². The molecule has 2 saturated carbocycles. The van der Waals surface area contributed by atoms with Gasteiger partial charge in [-0.3, -0.25) is 0 Å². The zero-order valence-corrected chi connectivity index (χ0v) is 14.9. The quantitative estimate of drug-likeness (QED) is 0.761. The molecular formula is C18H25BrFN. The lowest BCUT2D eigenvalue weighted by Crippen LogP contribution is -2.45. The van der Waals surface area contributed by atoms with Crippen LogP contribution in [-0.4, -0.2) is 6.04 Å². The maximum absolute atomic E-state index is 13.4. The first kappa shape index (κ1) is 15.5. The van der Waals surface area contributed by atoms with Gasteiger partial charge in [-0.1, -0.05) is 26.8 Å². The Balaban J connectivity index is 1.77. The standard InChI is InChI=1S/C18H25BrFN/c1-11(12-5-6-15(20)14(19)9-12)21-16-10-13-7-8-18(16,4)17(13,2)3/h5-6,9,11,13,16,21H,7-8,10H2,1-4H3. The summed E-state index contributed by atoms with van der Waals surface area (Å²) in [4.78, 5) is 0. The Morgan fingerprint density at radius 1 is 1.33 bits per heavy atom. The van der Waals surface area contributed by atoms with Gasteiger partial charge in [0.25, 0.3) is 0 Å². The Hall–Kier alpha value is -0.410. The van der Waals surface area contributed by atoms with Crippen molar-refractivity contribution in [3.05, 3.63) is 34.1 Å². The van der Waals surface area contributed by atoms with Gasteiger partial charge in [-0.25, -0.2) is 4.39 Å². The molecule has 116 valence electrons. The summed E-state index contributed by atoms with van der Waals surface area (Å²) in [7, 11) is 0. The van der Waals surface area contributed by atoms with E-state index in [4.69, 9.17) is 0 Å². The average molecular weight is 354 g/mol. The summed E-state index contributed by atoms with van der Waals surface area (Å²) >= 11 is 3.29. The minimum atomic E-state index is -0.195. The first-order chi connectivity index (χ1) is 9.75. The minimum absolute atomic E-state index is 0.195. The van der Waals surface area contributed by atoms with Crippen molar-refractivity contribution in [2.75, 3.05) is 0 Å². The summed E-state index contributed by atoms with van der Waals surface area (Å²) < 4.78 is 13.9. The van der Waals surface area contributed by atoms with Crippen LogP contribution in [0, 0.1) is 22.6 Å². The summed E-state index contributed by atoms with van der Waals surface area (Å²) in [6, 6.07) is 6.14. The molecule has 2 fully saturated rings. The third kappa shape index (κ3) is 2.28. The molecule has 2 bridgehead atoms. The molecular weight excluding hydrogens is 329 g/mol. The molecule has 0 aliphatic heterocycles. The van der Waals surface area contributed by atoms with Gasteiger partial charge < -0.3 is 5.32 Å². The van der Waals surface area contributed by atoms with Gasteiger partial charge in [0.05, 0.1) is 4.47 Å². The van der Waals surface area contributed by atoms with E-state index in [1.807, 2.05) is 12.1 Å². The highest BCUT2D eigenvalue weighted by Crippen LogP contribution is 2.65. The molecule has 1 aromatic rings. The summed E-state index contributed by atoms with van der Waals surface area (Å²) in [5.74, 6) is 0.645. The fourth-order valence-electron chi connectivity index (χ4n) is 4.64. The average Bonchev–Trinajstić information content (AvgIpc) is 2.75. The van der Waals surface area contributed by atoms with Crippen molar-refractivity contribution in [2.24, 2.45) is 16.7 Å². The van der Waals surface area contributed by atoms with E-state index in [1.165, 1.54) is 19.3 Å². The SMILES string of the molecule is CC(NC1CC2CCC1(C)C2(C)C)c1ccc(F)c(Br)c1. The normalized spacial score (nSPS) is 35.1. The second-order valence-electron chi connectivity index (χ2n) is 7.72. The topological polar surface area (TPSA) is 12.0 Å². The van der Waals surface area contributed by atoms with Crippen molar-refractivity contribution in [2.45, 2.75) is 59.0 Å². The molecule has 3 rings (SSSR count). The van der Waals surface area contributed by atoms with Crippen LogP contribution in [0.3, 0.4) is 0 Å². The van der Waals surface area contributed by atoms with E-state index in [1.54, 1.807) is 6.07 Å². The first-order valence-electron chi connectivity index (χ1n) is 7.97. The van der Waals surface area contributed by atoms with Crippen LogP contribution in [0.25, 0.3) is 0 Å². The van der Waals surface area contributed by atoms with Crippen LogP contribution in [0.1, 0.15) is 58.6 Å². The van der Waals surface area contributed by atoms with Gasteiger partial charge in [0.1, 0.15) is 5.82 Å². The monoisotopic (exact) mass is 353 g/mol. The zero-order chi connectivity index (χ0) is 15.4. The minimum Gasteiger partial charge on any atom is -0.307 e. The molecule has 0 aromatic heterocycles. The third-order valence-corrected chi connectivity index (χ3v) is 7.30. The fourth-order valence-corrected chi connectivity index (χ4v) is 5.03. The number of nitrogens with one attached hydrogen (secondary N) is 1. The Morgan fingerprint density at radius 3 is 2.57 bits per heavy atom. The van der Waals surface area contributed by atoms with E-state index in [9.17, 15) is 4.39 Å². The number of fused-ring (bicyclic) bond motifs is 2. The Kier molecular flexibility index (Phi) is 3.73.